The summed E-state index contributed by atoms with van der Waals surface area (Å²) in [5, 5.41) is 14.6. The number of nitrogens with one attached hydrogen (secondary N) is 1. The van der Waals surface area contributed by atoms with Gasteiger partial charge in [-0.1, -0.05) is 5.16 Å². The minimum absolute atomic E-state index is 0.0279. The highest BCUT2D eigenvalue weighted by atomic mass is 16.5. The summed E-state index contributed by atoms with van der Waals surface area (Å²) in [5.41, 5.74) is 0.545. The first-order valence-electron chi connectivity index (χ1n) is 4.51. The van der Waals surface area contributed by atoms with Crippen LogP contribution in [0.4, 0.5) is 0 Å². The molecular formula is C9H12N2O5. The van der Waals surface area contributed by atoms with Gasteiger partial charge in [0.1, 0.15) is 0 Å². The van der Waals surface area contributed by atoms with Gasteiger partial charge in [0.25, 0.3) is 5.91 Å². The maximum absolute atomic E-state index is 11.5. The molecule has 0 aromatic carbocycles. The van der Waals surface area contributed by atoms with Crippen LogP contribution in [-0.4, -0.2) is 41.9 Å². The van der Waals surface area contributed by atoms with E-state index in [0.29, 0.717) is 5.69 Å². The van der Waals surface area contributed by atoms with Crippen molar-refractivity contribution in [2.45, 2.75) is 13.0 Å². The lowest BCUT2D eigenvalue weighted by atomic mass is 10.3. The summed E-state index contributed by atoms with van der Waals surface area (Å²) in [4.78, 5) is 22.6. The number of esters is 1. The number of rotatable bonds is 4. The Morgan fingerprint density at radius 2 is 2.38 bits per heavy atom. The van der Waals surface area contributed by atoms with E-state index >= 15 is 0 Å². The topological polar surface area (TPSA) is 102 Å². The zero-order chi connectivity index (χ0) is 12.1. The Morgan fingerprint density at radius 3 is 2.81 bits per heavy atom. The van der Waals surface area contributed by atoms with Crippen molar-refractivity contribution in [1.82, 2.24) is 10.5 Å². The molecule has 7 nitrogen and oxygen atoms in total. The Balaban J connectivity index is 2.66. The molecule has 1 aromatic heterocycles. The summed E-state index contributed by atoms with van der Waals surface area (Å²) in [6, 6.07) is 0.309. The van der Waals surface area contributed by atoms with Crippen molar-refractivity contribution < 1.29 is 24.0 Å². The number of carbonyl (C=O) groups excluding carboxylic acids is 2. The standard InChI is InChI=1S/C9H12N2O5/c1-5-3-7(16-11-5)8(13)10-6(4-12)9(14)15-2/h3,6,12H,4H2,1-2H3,(H,10,13). The van der Waals surface area contributed by atoms with Gasteiger partial charge in [-0.3, -0.25) is 4.79 Å². The summed E-state index contributed by atoms with van der Waals surface area (Å²) >= 11 is 0. The monoisotopic (exact) mass is 228 g/mol. The van der Waals surface area contributed by atoms with Crippen LogP contribution in [0.2, 0.25) is 0 Å². The molecular weight excluding hydrogens is 216 g/mol. The number of aryl methyl sites for hydroxylation is 1. The summed E-state index contributed by atoms with van der Waals surface area (Å²) < 4.78 is 9.07. The van der Waals surface area contributed by atoms with Crippen LogP contribution in [0.1, 0.15) is 16.2 Å². The van der Waals surface area contributed by atoms with Crippen LogP contribution in [0.5, 0.6) is 0 Å². The predicted molar refractivity (Wildman–Crippen MR) is 51.6 cm³/mol. The number of aromatic nitrogens is 1. The van der Waals surface area contributed by atoms with Gasteiger partial charge in [-0.05, 0) is 6.92 Å². The Hall–Kier alpha value is -1.89. The fraction of sp³-hybridized carbons (Fsp3) is 0.444. The molecule has 0 saturated heterocycles. The molecule has 0 saturated carbocycles. The van der Waals surface area contributed by atoms with Gasteiger partial charge in [0, 0.05) is 6.07 Å². The number of carbonyl (C=O) groups is 2. The highest BCUT2D eigenvalue weighted by molar-refractivity contribution is 5.94. The van der Waals surface area contributed by atoms with Crippen LogP contribution in [0.3, 0.4) is 0 Å². The Labute approximate surface area is 91.4 Å². The molecule has 0 fully saturated rings. The molecule has 16 heavy (non-hydrogen) atoms. The highest BCUT2D eigenvalue weighted by Crippen LogP contribution is 2.02. The first kappa shape index (κ1) is 12.2. The lowest BCUT2D eigenvalue weighted by Crippen LogP contribution is -2.43. The number of hydrogen-bond donors (Lipinski definition) is 2. The smallest absolute Gasteiger partial charge is 0.330 e. The van der Waals surface area contributed by atoms with Gasteiger partial charge in [-0.2, -0.15) is 0 Å². The van der Waals surface area contributed by atoms with E-state index in [-0.39, 0.29) is 5.76 Å². The Bertz CT molecular complexity index is 387. The Morgan fingerprint density at radius 1 is 1.69 bits per heavy atom. The summed E-state index contributed by atoms with van der Waals surface area (Å²) in [6.07, 6.45) is 0. The van der Waals surface area contributed by atoms with E-state index in [1.165, 1.54) is 6.07 Å². The molecule has 0 aliphatic rings. The third-order valence-corrected chi connectivity index (χ3v) is 1.83. The van der Waals surface area contributed by atoms with Crippen LogP contribution in [-0.2, 0) is 9.53 Å². The number of ether oxygens (including phenoxy) is 1. The van der Waals surface area contributed by atoms with Crippen LogP contribution < -0.4 is 5.32 Å². The zero-order valence-corrected chi connectivity index (χ0v) is 8.89. The van der Waals surface area contributed by atoms with E-state index in [4.69, 9.17) is 5.11 Å². The maximum atomic E-state index is 11.5. The maximum Gasteiger partial charge on any atom is 0.330 e. The molecule has 0 bridgehead atoms. The largest absolute Gasteiger partial charge is 0.467 e. The number of nitrogens with zero attached hydrogens (tertiary/aromatic N) is 1. The summed E-state index contributed by atoms with van der Waals surface area (Å²) in [5.74, 6) is -1.39. The number of aliphatic hydroxyl groups excluding tert-OH is 1. The predicted octanol–water partition coefficient (Wildman–Crippen LogP) is -0.753. The molecule has 7 heteroatoms. The molecule has 0 aliphatic heterocycles. The van der Waals surface area contributed by atoms with Gasteiger partial charge in [0.05, 0.1) is 19.4 Å². The van der Waals surface area contributed by atoms with Crippen molar-refractivity contribution in [2.24, 2.45) is 0 Å². The molecule has 2 N–H and O–H groups in total. The average molecular weight is 228 g/mol. The number of methoxy groups -OCH3 is 1. The van der Waals surface area contributed by atoms with Gasteiger partial charge in [0.2, 0.25) is 5.76 Å². The van der Waals surface area contributed by atoms with Crippen molar-refractivity contribution in [1.29, 1.82) is 0 Å². The quantitative estimate of drug-likeness (QED) is 0.657. The van der Waals surface area contributed by atoms with E-state index in [1.807, 2.05) is 0 Å². The molecule has 1 atom stereocenters. The van der Waals surface area contributed by atoms with E-state index in [0.717, 1.165) is 7.11 Å². The fourth-order valence-electron chi connectivity index (χ4n) is 1.02. The van der Waals surface area contributed by atoms with Gasteiger partial charge in [-0.15, -0.1) is 0 Å². The van der Waals surface area contributed by atoms with Gasteiger partial charge in [-0.25, -0.2) is 4.79 Å². The highest BCUT2D eigenvalue weighted by Gasteiger charge is 2.22. The van der Waals surface area contributed by atoms with Crippen molar-refractivity contribution in [3.8, 4) is 0 Å². The van der Waals surface area contributed by atoms with E-state index < -0.39 is 24.5 Å². The van der Waals surface area contributed by atoms with Crippen LogP contribution in [0.15, 0.2) is 10.6 Å². The molecule has 0 radical (unpaired) electrons. The molecule has 1 unspecified atom stereocenters. The van der Waals surface area contributed by atoms with Crippen molar-refractivity contribution in [2.75, 3.05) is 13.7 Å². The second-order valence-electron chi connectivity index (χ2n) is 3.06. The Kier molecular flexibility index (Phi) is 4.01. The number of aliphatic hydroxyl groups is 1. The molecule has 1 heterocycles. The first-order chi connectivity index (χ1) is 7.58. The van der Waals surface area contributed by atoms with Crippen LogP contribution in [0.25, 0.3) is 0 Å². The molecule has 1 rings (SSSR count). The second kappa shape index (κ2) is 5.26. The van der Waals surface area contributed by atoms with E-state index in [2.05, 4.69) is 19.7 Å². The van der Waals surface area contributed by atoms with E-state index in [1.54, 1.807) is 6.92 Å². The van der Waals surface area contributed by atoms with Gasteiger partial charge in [0.15, 0.2) is 6.04 Å². The van der Waals surface area contributed by atoms with E-state index in [9.17, 15) is 9.59 Å². The molecule has 1 amide bonds. The van der Waals surface area contributed by atoms with Crippen molar-refractivity contribution in [3.05, 3.63) is 17.5 Å². The number of hydrogen-bond acceptors (Lipinski definition) is 6. The average Bonchev–Trinajstić information content (AvgIpc) is 2.71. The normalized spacial score (nSPS) is 11.9. The van der Waals surface area contributed by atoms with Crippen molar-refractivity contribution >= 4 is 11.9 Å². The van der Waals surface area contributed by atoms with Crippen LogP contribution >= 0.6 is 0 Å². The SMILES string of the molecule is COC(=O)C(CO)NC(=O)c1cc(C)no1. The van der Waals surface area contributed by atoms with Crippen molar-refractivity contribution in [3.63, 3.8) is 0 Å². The molecule has 88 valence electrons. The first-order valence-corrected chi connectivity index (χ1v) is 4.51. The minimum Gasteiger partial charge on any atom is -0.467 e. The lowest BCUT2D eigenvalue weighted by Gasteiger charge is -2.12. The van der Waals surface area contributed by atoms with Gasteiger partial charge < -0.3 is 19.7 Å². The third kappa shape index (κ3) is 2.80. The lowest BCUT2D eigenvalue weighted by molar-refractivity contribution is -0.143. The molecule has 1 aromatic rings. The van der Waals surface area contributed by atoms with Crippen LogP contribution in [0, 0.1) is 6.92 Å². The number of amides is 1. The minimum atomic E-state index is -1.11. The second-order valence-corrected chi connectivity index (χ2v) is 3.06. The van der Waals surface area contributed by atoms with Gasteiger partial charge >= 0.3 is 5.97 Å². The fourth-order valence-corrected chi connectivity index (χ4v) is 1.02. The molecule has 0 aliphatic carbocycles. The summed E-state index contributed by atoms with van der Waals surface area (Å²) in [6.45, 7) is 1.11. The third-order valence-electron chi connectivity index (χ3n) is 1.83. The zero-order valence-electron chi connectivity index (χ0n) is 8.89. The summed E-state index contributed by atoms with van der Waals surface area (Å²) in [7, 11) is 1.16. The molecule has 0 spiro atoms.